The molecule has 4 heteroatoms. The normalized spacial score (nSPS) is 16.0. The molecule has 1 saturated heterocycles. The van der Waals surface area contributed by atoms with E-state index in [1.807, 2.05) is 22.4 Å². The van der Waals surface area contributed by atoms with E-state index >= 15 is 0 Å². The molecule has 1 aromatic heterocycles. The Morgan fingerprint density at radius 1 is 0.966 bits per heavy atom. The molecule has 3 aromatic rings. The second kappa shape index (κ2) is 8.93. The average Bonchev–Trinajstić information content (AvgIpc) is 3.25. The van der Waals surface area contributed by atoms with Gasteiger partial charge in [-0.2, -0.15) is 0 Å². The van der Waals surface area contributed by atoms with Gasteiger partial charge in [0, 0.05) is 31.1 Å². The molecule has 1 aliphatic heterocycles. The zero-order valence-electron chi connectivity index (χ0n) is 17.2. The van der Waals surface area contributed by atoms with Crippen LogP contribution in [-0.4, -0.2) is 41.9 Å². The van der Waals surface area contributed by atoms with Crippen molar-refractivity contribution in [2.24, 2.45) is 0 Å². The fourth-order valence-electron chi connectivity index (χ4n) is 4.18. The van der Waals surface area contributed by atoms with Crippen LogP contribution < -0.4 is 0 Å². The van der Waals surface area contributed by atoms with Gasteiger partial charge in [-0.15, -0.1) is 11.3 Å². The lowest BCUT2D eigenvalue weighted by Crippen LogP contribution is -2.50. The number of piperazine rings is 1. The van der Waals surface area contributed by atoms with Crippen LogP contribution in [0.3, 0.4) is 0 Å². The Kier molecular flexibility index (Phi) is 6.12. The van der Waals surface area contributed by atoms with Gasteiger partial charge in [0.25, 0.3) is 0 Å². The van der Waals surface area contributed by atoms with E-state index in [9.17, 15) is 4.79 Å². The predicted molar refractivity (Wildman–Crippen MR) is 120 cm³/mol. The average molecular weight is 405 g/mol. The summed E-state index contributed by atoms with van der Waals surface area (Å²) in [5.41, 5.74) is 5.30. The number of hydrogen-bond donors (Lipinski definition) is 0. The number of hydrogen-bond acceptors (Lipinski definition) is 3. The molecule has 1 aliphatic rings. The maximum absolute atomic E-state index is 12.7. The molecule has 0 N–H and O–H groups in total. The van der Waals surface area contributed by atoms with Gasteiger partial charge in [-0.1, -0.05) is 60.2 Å². The summed E-state index contributed by atoms with van der Waals surface area (Å²) in [6, 6.07) is 21.8. The summed E-state index contributed by atoms with van der Waals surface area (Å²) >= 11 is 1.66. The topological polar surface area (TPSA) is 23.6 Å². The highest BCUT2D eigenvalue weighted by Gasteiger charge is 2.29. The largest absolute Gasteiger partial charge is 0.340 e. The van der Waals surface area contributed by atoms with Crippen molar-refractivity contribution in [2.45, 2.75) is 26.3 Å². The molecule has 4 rings (SSSR count). The van der Waals surface area contributed by atoms with Crippen molar-refractivity contribution in [2.75, 3.05) is 26.2 Å². The van der Waals surface area contributed by atoms with Crippen LogP contribution in [-0.2, 0) is 11.2 Å². The number of rotatable bonds is 5. The third kappa shape index (κ3) is 4.60. The molecule has 0 bridgehead atoms. The first-order chi connectivity index (χ1) is 14.1. The molecular weight excluding hydrogens is 376 g/mol. The van der Waals surface area contributed by atoms with Crippen molar-refractivity contribution in [1.29, 1.82) is 0 Å². The number of thiophene rings is 1. The molecule has 1 atom stereocenters. The quantitative estimate of drug-likeness (QED) is 0.607. The lowest BCUT2D eigenvalue weighted by molar-refractivity contribution is -0.132. The number of amides is 1. The van der Waals surface area contributed by atoms with Gasteiger partial charge in [-0.05, 0) is 42.0 Å². The highest BCUT2D eigenvalue weighted by molar-refractivity contribution is 7.10. The summed E-state index contributed by atoms with van der Waals surface area (Å²) in [4.78, 5) is 18.4. The number of carbonyl (C=O) groups excluding carboxylic acids is 1. The van der Waals surface area contributed by atoms with E-state index in [4.69, 9.17) is 0 Å². The van der Waals surface area contributed by atoms with Crippen LogP contribution in [0.1, 0.15) is 33.2 Å². The van der Waals surface area contributed by atoms with Crippen molar-refractivity contribution in [3.63, 3.8) is 0 Å². The van der Waals surface area contributed by atoms with E-state index in [0.717, 1.165) is 31.1 Å². The summed E-state index contributed by atoms with van der Waals surface area (Å²) < 4.78 is 0. The molecule has 0 spiro atoms. The molecule has 1 amide bonds. The SMILES string of the molecule is Cc1ccc(C)c(C(c2ccccc2)N2CCN(C(=O)Cc3cccs3)CC2)c1. The maximum Gasteiger partial charge on any atom is 0.227 e. The molecule has 1 fully saturated rings. The van der Waals surface area contributed by atoms with Crippen molar-refractivity contribution in [3.05, 3.63) is 93.2 Å². The summed E-state index contributed by atoms with van der Waals surface area (Å²) in [5, 5.41) is 2.04. The van der Waals surface area contributed by atoms with Gasteiger partial charge in [-0.25, -0.2) is 0 Å². The Morgan fingerprint density at radius 3 is 2.41 bits per heavy atom. The van der Waals surface area contributed by atoms with Crippen molar-refractivity contribution < 1.29 is 4.79 Å². The van der Waals surface area contributed by atoms with E-state index in [1.54, 1.807) is 11.3 Å². The standard InChI is InChI=1S/C25H28N2OS/c1-19-10-11-20(2)23(17-19)25(21-7-4-3-5-8-21)27-14-12-26(13-15-27)24(28)18-22-9-6-16-29-22/h3-11,16-17,25H,12-15,18H2,1-2H3. The second-order valence-corrected chi connectivity index (χ2v) is 8.88. The molecule has 1 unspecified atom stereocenters. The Balaban J connectivity index is 1.52. The van der Waals surface area contributed by atoms with Crippen LogP contribution in [0.5, 0.6) is 0 Å². The third-order valence-electron chi connectivity index (χ3n) is 5.78. The van der Waals surface area contributed by atoms with Gasteiger partial charge in [0.05, 0.1) is 12.5 Å². The van der Waals surface area contributed by atoms with E-state index in [2.05, 4.69) is 67.3 Å². The Bertz CT molecular complexity index is 944. The monoisotopic (exact) mass is 404 g/mol. The first-order valence-corrected chi connectivity index (χ1v) is 11.2. The minimum absolute atomic E-state index is 0.227. The molecule has 2 heterocycles. The summed E-state index contributed by atoms with van der Waals surface area (Å²) in [5.74, 6) is 0.245. The molecule has 0 radical (unpaired) electrons. The van der Waals surface area contributed by atoms with Gasteiger partial charge < -0.3 is 4.90 Å². The van der Waals surface area contributed by atoms with Crippen LogP contribution in [0.2, 0.25) is 0 Å². The fourth-order valence-corrected chi connectivity index (χ4v) is 4.88. The number of benzene rings is 2. The zero-order valence-corrected chi connectivity index (χ0v) is 18.0. The number of nitrogens with zero attached hydrogens (tertiary/aromatic N) is 2. The van der Waals surface area contributed by atoms with Gasteiger partial charge in [0.15, 0.2) is 0 Å². The molecule has 2 aromatic carbocycles. The van der Waals surface area contributed by atoms with Gasteiger partial charge in [0.1, 0.15) is 0 Å². The first kappa shape index (κ1) is 19.9. The van der Waals surface area contributed by atoms with E-state index < -0.39 is 0 Å². The van der Waals surface area contributed by atoms with Crippen LogP contribution in [0.25, 0.3) is 0 Å². The highest BCUT2D eigenvalue weighted by atomic mass is 32.1. The summed E-state index contributed by atoms with van der Waals surface area (Å²) in [7, 11) is 0. The zero-order chi connectivity index (χ0) is 20.2. The molecular formula is C25H28N2OS. The lowest BCUT2D eigenvalue weighted by Gasteiger charge is -2.40. The fraction of sp³-hybridized carbons (Fsp3) is 0.320. The summed E-state index contributed by atoms with van der Waals surface area (Å²) in [6.45, 7) is 7.72. The molecule has 29 heavy (non-hydrogen) atoms. The number of carbonyl (C=O) groups is 1. The van der Waals surface area contributed by atoms with Crippen molar-refractivity contribution >= 4 is 17.2 Å². The summed E-state index contributed by atoms with van der Waals surface area (Å²) in [6.07, 6.45) is 0.525. The van der Waals surface area contributed by atoms with Crippen LogP contribution >= 0.6 is 11.3 Å². The Labute approximate surface area is 177 Å². The maximum atomic E-state index is 12.7. The lowest BCUT2D eigenvalue weighted by atomic mass is 9.92. The third-order valence-corrected chi connectivity index (χ3v) is 6.66. The number of aryl methyl sites for hydroxylation is 2. The van der Waals surface area contributed by atoms with E-state index in [-0.39, 0.29) is 11.9 Å². The minimum Gasteiger partial charge on any atom is -0.340 e. The first-order valence-electron chi connectivity index (χ1n) is 10.3. The smallest absolute Gasteiger partial charge is 0.227 e. The molecule has 3 nitrogen and oxygen atoms in total. The molecule has 0 saturated carbocycles. The van der Waals surface area contributed by atoms with Crippen LogP contribution in [0.15, 0.2) is 66.0 Å². The van der Waals surface area contributed by atoms with E-state index in [1.165, 1.54) is 22.3 Å². The molecule has 150 valence electrons. The minimum atomic E-state index is 0.227. The predicted octanol–water partition coefficient (Wildman–Crippen LogP) is 4.84. The van der Waals surface area contributed by atoms with Gasteiger partial charge in [-0.3, -0.25) is 9.69 Å². The molecule has 0 aliphatic carbocycles. The van der Waals surface area contributed by atoms with Gasteiger partial charge in [0.2, 0.25) is 5.91 Å². The van der Waals surface area contributed by atoms with Crippen molar-refractivity contribution in [1.82, 2.24) is 9.80 Å². The van der Waals surface area contributed by atoms with E-state index in [0.29, 0.717) is 6.42 Å². The Morgan fingerprint density at radius 2 is 1.72 bits per heavy atom. The van der Waals surface area contributed by atoms with Crippen LogP contribution in [0.4, 0.5) is 0 Å². The van der Waals surface area contributed by atoms with Gasteiger partial charge >= 0.3 is 0 Å². The van der Waals surface area contributed by atoms with Crippen molar-refractivity contribution in [3.8, 4) is 0 Å². The second-order valence-electron chi connectivity index (χ2n) is 7.85. The van der Waals surface area contributed by atoms with Crippen LogP contribution in [0, 0.1) is 13.8 Å². The Hall–Kier alpha value is -2.43. The highest BCUT2D eigenvalue weighted by Crippen LogP contribution is 2.32.